The normalized spacial score (nSPS) is 11.8. The first kappa shape index (κ1) is 18.7. The molecule has 114 valence electrons. The zero-order valence-corrected chi connectivity index (χ0v) is 13.9. The van der Waals surface area contributed by atoms with Crippen LogP contribution in [0.1, 0.15) is 104 Å². The van der Waals surface area contributed by atoms with E-state index in [1.165, 1.54) is 83.5 Å². The average molecular weight is 267 g/mol. The molecule has 0 spiro atoms. The van der Waals surface area contributed by atoms with Gasteiger partial charge in [0.25, 0.3) is 0 Å². The van der Waals surface area contributed by atoms with Crippen LogP contribution in [0.5, 0.6) is 0 Å². The summed E-state index contributed by atoms with van der Waals surface area (Å²) in [6.07, 6.45) is 23.0. The second-order valence-electron chi connectivity index (χ2n) is 6.41. The van der Waals surface area contributed by atoms with E-state index in [1.807, 2.05) is 0 Å². The minimum absolute atomic E-state index is 0.894. The minimum atomic E-state index is 0.894. The fraction of sp³-hybridized carbons (Fsp3) is 0.895. The predicted octanol–water partition coefficient (Wildman–Crippen LogP) is 7.29. The molecule has 0 unspecified atom stereocenters. The van der Waals surface area contributed by atoms with E-state index in [-0.39, 0.29) is 0 Å². The predicted molar refractivity (Wildman–Crippen MR) is 89.7 cm³/mol. The number of allylic oxidation sites excluding steroid dienone is 2. The summed E-state index contributed by atoms with van der Waals surface area (Å²) in [5.41, 5.74) is 0. The molecule has 0 saturated carbocycles. The molecule has 0 fully saturated rings. The Hall–Kier alpha value is -0.260. The van der Waals surface area contributed by atoms with Crippen molar-refractivity contribution in [1.29, 1.82) is 0 Å². The second-order valence-corrected chi connectivity index (χ2v) is 6.41. The largest absolute Gasteiger partial charge is 0.0885 e. The molecule has 0 nitrogen and oxygen atoms in total. The van der Waals surface area contributed by atoms with E-state index in [0.29, 0.717) is 0 Å². The van der Waals surface area contributed by atoms with E-state index in [9.17, 15) is 0 Å². The van der Waals surface area contributed by atoms with E-state index in [1.54, 1.807) is 0 Å². The van der Waals surface area contributed by atoms with Crippen LogP contribution in [0.15, 0.2) is 12.2 Å². The molecule has 0 atom stereocenters. The Kier molecular flexibility index (Phi) is 15.6. The Morgan fingerprint density at radius 3 is 1.63 bits per heavy atom. The monoisotopic (exact) mass is 266 g/mol. The van der Waals surface area contributed by atoms with Gasteiger partial charge in [0.05, 0.1) is 0 Å². The van der Waals surface area contributed by atoms with Gasteiger partial charge in [-0.1, -0.05) is 97.1 Å². The van der Waals surface area contributed by atoms with E-state index in [0.717, 1.165) is 5.92 Å². The lowest BCUT2D eigenvalue weighted by Gasteiger charge is -2.04. The molecule has 0 heterocycles. The fourth-order valence-electron chi connectivity index (χ4n) is 2.43. The lowest BCUT2D eigenvalue weighted by Crippen LogP contribution is -1.87. The third-order valence-corrected chi connectivity index (χ3v) is 3.79. The van der Waals surface area contributed by atoms with Gasteiger partial charge in [-0.2, -0.15) is 0 Å². The van der Waals surface area contributed by atoms with Crippen LogP contribution in [0.2, 0.25) is 0 Å². The van der Waals surface area contributed by atoms with Gasteiger partial charge in [0.15, 0.2) is 0 Å². The Bertz CT molecular complexity index is 178. The molecule has 19 heavy (non-hydrogen) atoms. The lowest BCUT2D eigenvalue weighted by atomic mass is 10.0. The van der Waals surface area contributed by atoms with Crippen molar-refractivity contribution in [3.63, 3.8) is 0 Å². The first-order valence-corrected chi connectivity index (χ1v) is 8.92. The SMILES string of the molecule is CCCCC=CCCCCCCCCCCC(C)C. The standard InChI is InChI=1S/C19H38/c1-4-5-6-7-8-9-10-11-12-13-14-15-16-17-18-19(2)3/h7-8,19H,4-6,9-18H2,1-3H3. The summed E-state index contributed by atoms with van der Waals surface area (Å²) in [6.45, 7) is 6.92. The molecular formula is C19H38. The van der Waals surface area contributed by atoms with Gasteiger partial charge in [-0.15, -0.1) is 0 Å². The van der Waals surface area contributed by atoms with Gasteiger partial charge in [0.2, 0.25) is 0 Å². The molecule has 0 aliphatic rings. The second kappa shape index (κ2) is 15.8. The van der Waals surface area contributed by atoms with Crippen LogP contribution in [0.3, 0.4) is 0 Å². The van der Waals surface area contributed by atoms with E-state index < -0.39 is 0 Å². The van der Waals surface area contributed by atoms with Crippen molar-refractivity contribution in [3.05, 3.63) is 12.2 Å². The van der Waals surface area contributed by atoms with Crippen LogP contribution >= 0.6 is 0 Å². The first-order valence-electron chi connectivity index (χ1n) is 8.92. The molecule has 0 bridgehead atoms. The highest BCUT2D eigenvalue weighted by molar-refractivity contribution is 4.81. The molecule has 0 amide bonds. The molecule has 0 radical (unpaired) electrons. The van der Waals surface area contributed by atoms with Crippen molar-refractivity contribution in [2.45, 2.75) is 104 Å². The maximum atomic E-state index is 2.39. The van der Waals surface area contributed by atoms with Gasteiger partial charge in [-0.3, -0.25) is 0 Å². The zero-order chi connectivity index (χ0) is 14.2. The highest BCUT2D eigenvalue weighted by Crippen LogP contribution is 2.13. The highest BCUT2D eigenvalue weighted by atomic mass is 14.0. The van der Waals surface area contributed by atoms with Gasteiger partial charge in [-0.25, -0.2) is 0 Å². The third kappa shape index (κ3) is 17.7. The number of rotatable bonds is 14. The smallest absolute Gasteiger partial charge is 0.0351 e. The van der Waals surface area contributed by atoms with Gasteiger partial charge >= 0.3 is 0 Å². The van der Waals surface area contributed by atoms with Crippen molar-refractivity contribution in [2.24, 2.45) is 5.92 Å². The molecule has 0 saturated heterocycles. The Balaban J connectivity index is 3.01. The lowest BCUT2D eigenvalue weighted by molar-refractivity contribution is 0.507. The summed E-state index contributed by atoms with van der Waals surface area (Å²) in [4.78, 5) is 0. The van der Waals surface area contributed by atoms with E-state index in [4.69, 9.17) is 0 Å². The number of hydrogen-bond donors (Lipinski definition) is 0. The average Bonchev–Trinajstić information content (AvgIpc) is 2.39. The summed E-state index contributed by atoms with van der Waals surface area (Å²) in [7, 11) is 0. The summed E-state index contributed by atoms with van der Waals surface area (Å²) in [6, 6.07) is 0. The van der Waals surface area contributed by atoms with Gasteiger partial charge in [0.1, 0.15) is 0 Å². The van der Waals surface area contributed by atoms with Crippen LogP contribution in [-0.2, 0) is 0 Å². The summed E-state index contributed by atoms with van der Waals surface area (Å²) in [5.74, 6) is 0.894. The van der Waals surface area contributed by atoms with Crippen LogP contribution in [0.4, 0.5) is 0 Å². The zero-order valence-electron chi connectivity index (χ0n) is 13.9. The molecule has 0 rings (SSSR count). The van der Waals surface area contributed by atoms with Crippen LogP contribution in [-0.4, -0.2) is 0 Å². The number of unbranched alkanes of at least 4 members (excludes halogenated alkanes) is 10. The Morgan fingerprint density at radius 1 is 0.632 bits per heavy atom. The molecule has 0 heteroatoms. The molecule has 0 aromatic heterocycles. The maximum absolute atomic E-state index is 2.39. The van der Waals surface area contributed by atoms with Crippen molar-refractivity contribution in [1.82, 2.24) is 0 Å². The van der Waals surface area contributed by atoms with Gasteiger partial charge in [-0.05, 0) is 25.2 Å². The molecule has 0 N–H and O–H groups in total. The Labute approximate surface area is 123 Å². The topological polar surface area (TPSA) is 0 Å². The van der Waals surface area contributed by atoms with Crippen LogP contribution < -0.4 is 0 Å². The third-order valence-electron chi connectivity index (χ3n) is 3.79. The highest BCUT2D eigenvalue weighted by Gasteiger charge is 1.94. The maximum Gasteiger partial charge on any atom is -0.0351 e. The minimum Gasteiger partial charge on any atom is -0.0885 e. The van der Waals surface area contributed by atoms with Crippen molar-refractivity contribution < 1.29 is 0 Å². The van der Waals surface area contributed by atoms with Crippen molar-refractivity contribution in [2.75, 3.05) is 0 Å². The van der Waals surface area contributed by atoms with Gasteiger partial charge in [0, 0.05) is 0 Å². The van der Waals surface area contributed by atoms with Crippen LogP contribution in [0, 0.1) is 5.92 Å². The van der Waals surface area contributed by atoms with E-state index in [2.05, 4.69) is 32.9 Å². The van der Waals surface area contributed by atoms with Crippen molar-refractivity contribution >= 4 is 0 Å². The Morgan fingerprint density at radius 2 is 1.11 bits per heavy atom. The first-order chi connectivity index (χ1) is 9.27. The van der Waals surface area contributed by atoms with E-state index >= 15 is 0 Å². The summed E-state index contributed by atoms with van der Waals surface area (Å²) >= 11 is 0. The summed E-state index contributed by atoms with van der Waals surface area (Å²) < 4.78 is 0. The molecule has 0 aliphatic heterocycles. The van der Waals surface area contributed by atoms with Crippen LogP contribution in [0.25, 0.3) is 0 Å². The quantitative estimate of drug-likeness (QED) is 0.229. The summed E-state index contributed by atoms with van der Waals surface area (Å²) in [5, 5.41) is 0. The number of hydrogen-bond acceptors (Lipinski definition) is 0. The fourth-order valence-corrected chi connectivity index (χ4v) is 2.43. The molecule has 0 aromatic carbocycles. The molecule has 0 aromatic rings. The molecular weight excluding hydrogens is 228 g/mol. The molecule has 0 aliphatic carbocycles. The van der Waals surface area contributed by atoms with Gasteiger partial charge < -0.3 is 0 Å². The van der Waals surface area contributed by atoms with Crippen molar-refractivity contribution in [3.8, 4) is 0 Å².